The molecule has 0 radical (unpaired) electrons. The third-order valence-electron chi connectivity index (χ3n) is 1.95. The van der Waals surface area contributed by atoms with Gasteiger partial charge >= 0.3 is 0 Å². The molecule has 1 heterocycles. The van der Waals surface area contributed by atoms with E-state index < -0.39 is 0 Å². The van der Waals surface area contributed by atoms with Gasteiger partial charge in [-0.1, -0.05) is 13.8 Å². The molecule has 2 unspecified atom stereocenters. The maximum Gasteiger partial charge on any atom is 0.217 e. The zero-order valence-corrected chi connectivity index (χ0v) is 9.09. The molecule has 78 valence electrons. The largest absolute Gasteiger partial charge is 0.376 e. The highest BCUT2D eigenvalue weighted by Gasteiger charge is 2.22. The average molecular weight is 187 g/mol. The van der Waals surface area contributed by atoms with Gasteiger partial charge in [0.1, 0.15) is 0 Å². The first kappa shape index (κ1) is 12.4. The number of hydrogen-bond acceptors (Lipinski definition) is 2. The van der Waals surface area contributed by atoms with Crippen molar-refractivity contribution in [2.75, 3.05) is 6.61 Å². The normalized spacial score (nSPS) is 22.9. The minimum Gasteiger partial charge on any atom is -0.376 e. The van der Waals surface area contributed by atoms with Crippen LogP contribution in [0, 0.1) is 0 Å². The Bertz CT molecular complexity index is 142. The highest BCUT2D eigenvalue weighted by Crippen LogP contribution is 2.14. The van der Waals surface area contributed by atoms with E-state index in [1.165, 1.54) is 6.92 Å². The van der Waals surface area contributed by atoms with Crippen molar-refractivity contribution < 1.29 is 9.53 Å². The van der Waals surface area contributed by atoms with Crippen LogP contribution in [0.3, 0.4) is 0 Å². The smallest absolute Gasteiger partial charge is 0.217 e. The number of amides is 1. The summed E-state index contributed by atoms with van der Waals surface area (Å²) in [7, 11) is 0. The fraction of sp³-hybridized carbons (Fsp3) is 0.900. The van der Waals surface area contributed by atoms with E-state index in [9.17, 15) is 4.79 Å². The minimum atomic E-state index is 0.0213. The first-order valence-electron chi connectivity index (χ1n) is 5.09. The van der Waals surface area contributed by atoms with Gasteiger partial charge < -0.3 is 10.1 Å². The molecule has 1 aliphatic heterocycles. The fourth-order valence-electron chi connectivity index (χ4n) is 1.41. The molecule has 1 amide bonds. The van der Waals surface area contributed by atoms with Crippen molar-refractivity contribution in [2.45, 2.75) is 52.7 Å². The van der Waals surface area contributed by atoms with Crippen LogP contribution < -0.4 is 5.32 Å². The molecular formula is C10H21NO2. The molecule has 0 aromatic heterocycles. The van der Waals surface area contributed by atoms with Crippen molar-refractivity contribution in [3.05, 3.63) is 0 Å². The van der Waals surface area contributed by atoms with Gasteiger partial charge in [0.25, 0.3) is 0 Å². The molecule has 1 aliphatic rings. The maximum absolute atomic E-state index is 10.6. The molecule has 0 saturated carbocycles. The van der Waals surface area contributed by atoms with Crippen LogP contribution in [0.5, 0.6) is 0 Å². The molecule has 2 atom stereocenters. The van der Waals surface area contributed by atoms with Crippen molar-refractivity contribution in [3.8, 4) is 0 Å². The molecule has 3 heteroatoms. The Hall–Kier alpha value is -0.570. The van der Waals surface area contributed by atoms with Gasteiger partial charge in [-0.3, -0.25) is 4.79 Å². The Balaban J connectivity index is 0.000000671. The molecule has 0 spiro atoms. The lowest BCUT2D eigenvalue weighted by Gasteiger charge is -2.18. The van der Waals surface area contributed by atoms with Crippen molar-refractivity contribution in [3.63, 3.8) is 0 Å². The van der Waals surface area contributed by atoms with Gasteiger partial charge in [-0.25, -0.2) is 0 Å². The van der Waals surface area contributed by atoms with Crippen LogP contribution in [-0.4, -0.2) is 24.7 Å². The summed E-state index contributed by atoms with van der Waals surface area (Å²) in [6, 6.07) is 0.162. The highest BCUT2D eigenvalue weighted by molar-refractivity contribution is 5.73. The number of carbonyl (C=O) groups is 1. The predicted octanol–water partition coefficient (Wildman–Crippen LogP) is 1.72. The molecule has 3 nitrogen and oxygen atoms in total. The fourth-order valence-corrected chi connectivity index (χ4v) is 1.41. The van der Waals surface area contributed by atoms with Gasteiger partial charge in [-0.05, 0) is 19.8 Å². The van der Waals surface area contributed by atoms with E-state index in [1.807, 2.05) is 20.8 Å². The van der Waals surface area contributed by atoms with Crippen molar-refractivity contribution in [1.29, 1.82) is 0 Å². The van der Waals surface area contributed by atoms with Gasteiger partial charge in [0.15, 0.2) is 0 Å². The lowest BCUT2D eigenvalue weighted by Crippen LogP contribution is -2.39. The molecule has 1 fully saturated rings. The second-order valence-corrected chi connectivity index (χ2v) is 3.04. The topological polar surface area (TPSA) is 38.3 Å². The van der Waals surface area contributed by atoms with Gasteiger partial charge in [-0.2, -0.15) is 0 Å². The molecule has 0 aromatic carbocycles. The third-order valence-corrected chi connectivity index (χ3v) is 1.95. The van der Waals surface area contributed by atoms with E-state index >= 15 is 0 Å². The van der Waals surface area contributed by atoms with Crippen LogP contribution >= 0.6 is 0 Å². The SMILES string of the molecule is CC.CC(=O)NC(C)C1CCCO1. The van der Waals surface area contributed by atoms with Crippen LogP contribution in [0.25, 0.3) is 0 Å². The van der Waals surface area contributed by atoms with Gasteiger partial charge in [0, 0.05) is 13.5 Å². The molecule has 0 aromatic rings. The Kier molecular flexibility index (Phi) is 6.59. The Morgan fingerprint density at radius 3 is 2.54 bits per heavy atom. The highest BCUT2D eigenvalue weighted by atomic mass is 16.5. The number of nitrogens with one attached hydrogen (secondary N) is 1. The van der Waals surface area contributed by atoms with Crippen LogP contribution in [-0.2, 0) is 9.53 Å². The number of hydrogen-bond donors (Lipinski definition) is 1. The van der Waals surface area contributed by atoms with Crippen LogP contribution in [0.4, 0.5) is 0 Å². The first-order valence-corrected chi connectivity index (χ1v) is 5.09. The molecule has 1 rings (SSSR count). The molecule has 1 N–H and O–H groups in total. The predicted molar refractivity (Wildman–Crippen MR) is 53.6 cm³/mol. The van der Waals surface area contributed by atoms with Crippen LogP contribution in [0.2, 0.25) is 0 Å². The monoisotopic (exact) mass is 187 g/mol. The quantitative estimate of drug-likeness (QED) is 0.714. The van der Waals surface area contributed by atoms with E-state index in [-0.39, 0.29) is 18.1 Å². The van der Waals surface area contributed by atoms with E-state index in [0.717, 1.165) is 19.4 Å². The number of rotatable bonds is 2. The molecule has 0 bridgehead atoms. The second kappa shape index (κ2) is 6.89. The lowest BCUT2D eigenvalue weighted by atomic mass is 10.1. The number of carbonyl (C=O) groups excluding carboxylic acids is 1. The zero-order valence-electron chi connectivity index (χ0n) is 9.09. The molecule has 1 saturated heterocycles. The minimum absolute atomic E-state index is 0.0213. The summed E-state index contributed by atoms with van der Waals surface area (Å²) in [4.78, 5) is 10.6. The van der Waals surface area contributed by atoms with Gasteiger partial charge in [0.2, 0.25) is 5.91 Å². The summed E-state index contributed by atoms with van der Waals surface area (Å²) in [5.41, 5.74) is 0. The van der Waals surface area contributed by atoms with Gasteiger partial charge in [-0.15, -0.1) is 0 Å². The van der Waals surface area contributed by atoms with E-state index in [2.05, 4.69) is 5.32 Å². The molecule has 13 heavy (non-hydrogen) atoms. The summed E-state index contributed by atoms with van der Waals surface area (Å²) in [5, 5.41) is 2.82. The lowest BCUT2D eigenvalue weighted by molar-refractivity contribution is -0.120. The van der Waals surface area contributed by atoms with Crippen LogP contribution in [0.15, 0.2) is 0 Å². The van der Waals surface area contributed by atoms with E-state index in [1.54, 1.807) is 0 Å². The zero-order chi connectivity index (χ0) is 10.3. The first-order chi connectivity index (χ1) is 6.20. The third kappa shape index (κ3) is 4.88. The van der Waals surface area contributed by atoms with Crippen LogP contribution in [0.1, 0.15) is 40.5 Å². The maximum atomic E-state index is 10.6. The Morgan fingerprint density at radius 2 is 2.15 bits per heavy atom. The van der Waals surface area contributed by atoms with E-state index in [4.69, 9.17) is 4.74 Å². The average Bonchev–Trinajstić information content (AvgIpc) is 2.58. The van der Waals surface area contributed by atoms with Gasteiger partial charge in [0.05, 0.1) is 12.1 Å². The summed E-state index contributed by atoms with van der Waals surface area (Å²) < 4.78 is 5.40. The summed E-state index contributed by atoms with van der Waals surface area (Å²) >= 11 is 0. The van der Waals surface area contributed by atoms with Crippen molar-refractivity contribution >= 4 is 5.91 Å². The standard InChI is InChI=1S/C8H15NO2.C2H6/c1-6(9-7(2)10)8-4-3-5-11-8;1-2/h6,8H,3-5H2,1-2H3,(H,9,10);1-2H3. The van der Waals surface area contributed by atoms with Crippen molar-refractivity contribution in [1.82, 2.24) is 5.32 Å². The summed E-state index contributed by atoms with van der Waals surface area (Å²) in [5.74, 6) is 0.0213. The number of ether oxygens (including phenoxy) is 1. The summed E-state index contributed by atoms with van der Waals surface area (Å²) in [6.45, 7) is 8.36. The molecule has 0 aliphatic carbocycles. The Labute approximate surface area is 80.8 Å². The second-order valence-electron chi connectivity index (χ2n) is 3.04. The Morgan fingerprint density at radius 1 is 1.54 bits per heavy atom. The molecular weight excluding hydrogens is 166 g/mol. The summed E-state index contributed by atoms with van der Waals surface area (Å²) in [6.07, 6.45) is 2.43. The van der Waals surface area contributed by atoms with E-state index in [0.29, 0.717) is 0 Å². The van der Waals surface area contributed by atoms with Crippen molar-refractivity contribution in [2.24, 2.45) is 0 Å².